The van der Waals surface area contributed by atoms with Crippen molar-refractivity contribution < 1.29 is 13.9 Å². The molecule has 2 nitrogen and oxygen atoms in total. The quantitative estimate of drug-likeness (QED) is 0.193. The largest absolute Gasteiger partial charge is 0.424 e. The van der Waals surface area contributed by atoms with Gasteiger partial charge in [-0.15, -0.1) is 0 Å². The molecule has 0 heterocycles. The summed E-state index contributed by atoms with van der Waals surface area (Å²) in [6, 6.07) is 8.68. The predicted molar refractivity (Wildman–Crippen MR) is 103 cm³/mol. The molecule has 1 aromatic carbocycles. The monoisotopic (exact) mass is 350 g/mol. The van der Waals surface area contributed by atoms with Crippen LogP contribution in [0.4, 0.5) is 4.39 Å². The predicted octanol–water partition coefficient (Wildman–Crippen LogP) is 7.02. The van der Waals surface area contributed by atoms with E-state index in [1.165, 1.54) is 57.8 Å². The summed E-state index contributed by atoms with van der Waals surface area (Å²) in [5.41, 5.74) is 0. The van der Waals surface area contributed by atoms with E-state index in [0.717, 1.165) is 19.3 Å². The van der Waals surface area contributed by atoms with Gasteiger partial charge in [-0.1, -0.05) is 95.8 Å². The van der Waals surface area contributed by atoms with Crippen molar-refractivity contribution >= 4 is 5.97 Å². The summed E-state index contributed by atoms with van der Waals surface area (Å²) in [5.74, 6) is -0.362. The van der Waals surface area contributed by atoms with Gasteiger partial charge in [0.25, 0.3) is 0 Å². The number of halogens is 1. The fourth-order valence-corrected chi connectivity index (χ4v) is 2.95. The molecule has 0 N–H and O–H groups in total. The van der Waals surface area contributed by atoms with Crippen molar-refractivity contribution in [2.24, 2.45) is 0 Å². The second kappa shape index (κ2) is 14.9. The lowest BCUT2D eigenvalue weighted by molar-refractivity contribution is -0.140. The lowest BCUT2D eigenvalue weighted by atomic mass is 10.0. The van der Waals surface area contributed by atoms with Crippen molar-refractivity contribution in [3.8, 4) is 5.75 Å². The van der Waals surface area contributed by atoms with Gasteiger partial charge in [-0.25, -0.2) is 9.18 Å². The molecule has 0 bridgehead atoms. The fraction of sp³-hybridized carbons (Fsp3) is 0.682. The van der Waals surface area contributed by atoms with Gasteiger partial charge in [0, 0.05) is 0 Å². The van der Waals surface area contributed by atoms with Gasteiger partial charge in [0.05, 0.1) is 0 Å². The second-order valence-corrected chi connectivity index (χ2v) is 6.88. The van der Waals surface area contributed by atoms with Crippen LogP contribution in [0.5, 0.6) is 5.75 Å². The van der Waals surface area contributed by atoms with Crippen LogP contribution in [0.25, 0.3) is 0 Å². The lowest BCUT2D eigenvalue weighted by Crippen LogP contribution is -2.21. The molecule has 0 aromatic heterocycles. The van der Waals surface area contributed by atoms with Crippen molar-refractivity contribution in [3.63, 3.8) is 0 Å². The molecule has 0 aliphatic rings. The van der Waals surface area contributed by atoms with E-state index in [1.807, 2.05) is 6.07 Å². The molecule has 1 rings (SSSR count). The van der Waals surface area contributed by atoms with Gasteiger partial charge in [0.2, 0.25) is 0 Å². The number of carbonyl (C=O) groups excluding carboxylic acids is 1. The first-order chi connectivity index (χ1) is 12.2. The van der Waals surface area contributed by atoms with E-state index in [0.29, 0.717) is 5.75 Å². The number of hydrogen-bond donors (Lipinski definition) is 0. The summed E-state index contributed by atoms with van der Waals surface area (Å²) >= 11 is 0. The number of benzene rings is 1. The third-order valence-corrected chi connectivity index (χ3v) is 4.53. The second-order valence-electron chi connectivity index (χ2n) is 6.88. The third kappa shape index (κ3) is 11.7. The molecule has 0 saturated heterocycles. The highest BCUT2D eigenvalue weighted by molar-refractivity contribution is 5.76. The Balaban J connectivity index is 1.91. The molecule has 3 heteroatoms. The fourth-order valence-electron chi connectivity index (χ4n) is 2.95. The summed E-state index contributed by atoms with van der Waals surface area (Å²) in [7, 11) is 0. The lowest BCUT2D eigenvalue weighted by Gasteiger charge is -2.08. The number of alkyl halides is 1. The molecular weight excluding hydrogens is 315 g/mol. The van der Waals surface area contributed by atoms with Gasteiger partial charge in [-0.2, -0.15) is 0 Å². The molecular formula is C22H35FO2. The van der Waals surface area contributed by atoms with Crippen molar-refractivity contribution in [2.45, 2.75) is 96.6 Å². The summed E-state index contributed by atoms with van der Waals surface area (Å²) < 4.78 is 18.8. The Morgan fingerprint density at radius 2 is 1.32 bits per heavy atom. The Kier molecular flexibility index (Phi) is 12.9. The molecule has 1 unspecified atom stereocenters. The summed E-state index contributed by atoms with van der Waals surface area (Å²) in [5, 5.41) is 0. The van der Waals surface area contributed by atoms with Crippen molar-refractivity contribution in [1.82, 2.24) is 0 Å². The van der Waals surface area contributed by atoms with E-state index in [9.17, 15) is 9.18 Å². The Labute approximate surface area is 153 Å². The molecule has 0 radical (unpaired) electrons. The topological polar surface area (TPSA) is 26.3 Å². The van der Waals surface area contributed by atoms with Gasteiger partial charge < -0.3 is 4.74 Å². The highest BCUT2D eigenvalue weighted by Crippen LogP contribution is 2.15. The van der Waals surface area contributed by atoms with E-state index in [-0.39, 0.29) is 6.42 Å². The first-order valence-corrected chi connectivity index (χ1v) is 10.1. The molecule has 0 aliphatic heterocycles. The molecule has 0 aliphatic carbocycles. The van der Waals surface area contributed by atoms with Gasteiger partial charge in [0.1, 0.15) is 5.75 Å². The standard InChI is InChI=1S/C22H35FO2/c1-2-3-4-5-6-7-8-9-10-11-12-16-19-21(23)22(24)25-20-17-14-13-15-18-20/h13-15,17-18,21H,2-12,16,19H2,1H3. The molecule has 0 saturated carbocycles. The first-order valence-electron chi connectivity index (χ1n) is 10.1. The number of para-hydroxylation sites is 1. The summed E-state index contributed by atoms with van der Waals surface area (Å²) in [6.45, 7) is 2.25. The first kappa shape index (κ1) is 21.7. The van der Waals surface area contributed by atoms with E-state index in [1.54, 1.807) is 24.3 Å². The van der Waals surface area contributed by atoms with E-state index in [4.69, 9.17) is 4.74 Å². The number of hydrogen-bond acceptors (Lipinski definition) is 2. The zero-order valence-electron chi connectivity index (χ0n) is 15.9. The van der Waals surface area contributed by atoms with Gasteiger partial charge in [-0.05, 0) is 25.0 Å². The molecule has 1 atom stereocenters. The Bertz CT molecular complexity index is 433. The minimum absolute atomic E-state index is 0.267. The molecule has 142 valence electrons. The zero-order chi connectivity index (χ0) is 18.2. The van der Waals surface area contributed by atoms with Crippen molar-refractivity contribution in [2.75, 3.05) is 0 Å². The van der Waals surface area contributed by atoms with Crippen LogP contribution < -0.4 is 4.74 Å². The summed E-state index contributed by atoms with van der Waals surface area (Å²) in [4.78, 5) is 11.6. The number of esters is 1. The van der Waals surface area contributed by atoms with Crippen LogP contribution in [-0.4, -0.2) is 12.1 Å². The SMILES string of the molecule is CCCCCCCCCCCCCCC(F)C(=O)Oc1ccccc1. The van der Waals surface area contributed by atoms with Crippen molar-refractivity contribution in [1.29, 1.82) is 0 Å². The smallest absolute Gasteiger partial charge is 0.346 e. The highest BCUT2D eigenvalue weighted by atomic mass is 19.1. The van der Waals surface area contributed by atoms with Gasteiger partial charge >= 0.3 is 5.97 Å². The van der Waals surface area contributed by atoms with Crippen LogP contribution in [0.2, 0.25) is 0 Å². The normalized spacial score (nSPS) is 12.1. The van der Waals surface area contributed by atoms with Crippen LogP contribution >= 0.6 is 0 Å². The van der Waals surface area contributed by atoms with E-state index < -0.39 is 12.1 Å². The Hall–Kier alpha value is -1.38. The maximum atomic E-state index is 13.8. The molecule has 0 amide bonds. The number of unbranched alkanes of at least 4 members (excludes halogenated alkanes) is 11. The van der Waals surface area contributed by atoms with E-state index >= 15 is 0 Å². The molecule has 25 heavy (non-hydrogen) atoms. The van der Waals surface area contributed by atoms with Crippen molar-refractivity contribution in [3.05, 3.63) is 30.3 Å². The average molecular weight is 351 g/mol. The number of carbonyl (C=O) groups is 1. The Morgan fingerprint density at radius 1 is 0.840 bits per heavy atom. The third-order valence-electron chi connectivity index (χ3n) is 4.53. The van der Waals surface area contributed by atoms with Crippen LogP contribution in [0, 0.1) is 0 Å². The number of rotatable bonds is 15. The van der Waals surface area contributed by atoms with Crippen LogP contribution in [0.3, 0.4) is 0 Å². The number of ether oxygens (including phenoxy) is 1. The molecule has 1 aromatic rings. The highest BCUT2D eigenvalue weighted by Gasteiger charge is 2.18. The van der Waals surface area contributed by atoms with Crippen LogP contribution in [0.1, 0.15) is 90.4 Å². The molecule has 0 fully saturated rings. The van der Waals surface area contributed by atoms with Gasteiger partial charge in [0.15, 0.2) is 6.17 Å². The molecule has 0 spiro atoms. The minimum Gasteiger partial charge on any atom is -0.424 e. The van der Waals surface area contributed by atoms with Gasteiger partial charge in [-0.3, -0.25) is 0 Å². The van der Waals surface area contributed by atoms with E-state index in [2.05, 4.69) is 6.92 Å². The zero-order valence-corrected chi connectivity index (χ0v) is 15.9. The van der Waals surface area contributed by atoms with Crippen LogP contribution in [-0.2, 0) is 4.79 Å². The average Bonchev–Trinajstić information content (AvgIpc) is 2.63. The summed E-state index contributed by atoms with van der Waals surface area (Å²) in [6.07, 6.45) is 13.6. The Morgan fingerprint density at radius 3 is 1.84 bits per heavy atom. The van der Waals surface area contributed by atoms with Crippen LogP contribution in [0.15, 0.2) is 30.3 Å². The maximum absolute atomic E-state index is 13.8. The minimum atomic E-state index is -1.51. The maximum Gasteiger partial charge on any atom is 0.346 e.